The fourth-order valence-electron chi connectivity index (χ4n) is 2.89. The maximum atomic E-state index is 5.43. The lowest BCUT2D eigenvalue weighted by atomic mass is 9.73. The van der Waals surface area contributed by atoms with Crippen molar-refractivity contribution in [1.29, 1.82) is 0 Å². The molecule has 1 atom stereocenters. The summed E-state index contributed by atoms with van der Waals surface area (Å²) in [4.78, 5) is 0. The predicted molar refractivity (Wildman–Crippen MR) is 53.6 cm³/mol. The lowest BCUT2D eigenvalue weighted by molar-refractivity contribution is -0.000722. The summed E-state index contributed by atoms with van der Waals surface area (Å²) in [5, 5.41) is 1.20. The van der Waals surface area contributed by atoms with E-state index in [1.165, 1.54) is 37.4 Å². The van der Waals surface area contributed by atoms with Crippen LogP contribution < -0.4 is 0 Å². The molecule has 1 heterocycles. The number of halogens is 1. The van der Waals surface area contributed by atoms with E-state index in [0.29, 0.717) is 5.41 Å². The first-order chi connectivity index (χ1) is 5.87. The molecule has 1 unspecified atom stereocenters. The van der Waals surface area contributed by atoms with Crippen LogP contribution in [0.4, 0.5) is 0 Å². The molecule has 0 bridgehead atoms. The summed E-state index contributed by atoms with van der Waals surface area (Å²) in [6, 6.07) is 0. The minimum atomic E-state index is 0.668. The van der Waals surface area contributed by atoms with Crippen LogP contribution in [-0.4, -0.2) is 18.5 Å². The van der Waals surface area contributed by atoms with Crippen molar-refractivity contribution in [3.8, 4) is 0 Å². The molecule has 70 valence electrons. The van der Waals surface area contributed by atoms with Crippen LogP contribution in [0.25, 0.3) is 0 Å². The highest BCUT2D eigenvalue weighted by molar-refractivity contribution is 9.09. The van der Waals surface area contributed by atoms with Crippen molar-refractivity contribution in [3.63, 3.8) is 0 Å². The minimum absolute atomic E-state index is 0.668. The topological polar surface area (TPSA) is 9.23 Å². The zero-order valence-corrected chi connectivity index (χ0v) is 9.11. The molecular formula is C10H17BrO. The molecule has 1 aliphatic heterocycles. The van der Waals surface area contributed by atoms with Gasteiger partial charge in [0.1, 0.15) is 0 Å². The lowest BCUT2D eigenvalue weighted by Crippen LogP contribution is -2.33. The Labute approximate surface area is 83.0 Å². The summed E-state index contributed by atoms with van der Waals surface area (Å²) < 4.78 is 5.43. The van der Waals surface area contributed by atoms with E-state index < -0.39 is 0 Å². The summed E-state index contributed by atoms with van der Waals surface area (Å²) >= 11 is 3.65. The van der Waals surface area contributed by atoms with E-state index in [1.54, 1.807) is 0 Å². The summed E-state index contributed by atoms with van der Waals surface area (Å²) in [6.07, 6.45) is 6.95. The van der Waals surface area contributed by atoms with Crippen LogP contribution in [0.15, 0.2) is 0 Å². The second-order valence-electron chi connectivity index (χ2n) is 4.22. The van der Waals surface area contributed by atoms with Crippen LogP contribution in [0, 0.1) is 11.3 Å². The lowest BCUT2D eigenvalue weighted by Gasteiger charge is -2.38. The molecule has 0 aromatic carbocycles. The van der Waals surface area contributed by atoms with Gasteiger partial charge in [-0.2, -0.15) is 0 Å². The van der Waals surface area contributed by atoms with Gasteiger partial charge in [-0.1, -0.05) is 22.4 Å². The van der Waals surface area contributed by atoms with Gasteiger partial charge in [0.05, 0.1) is 0 Å². The van der Waals surface area contributed by atoms with Crippen LogP contribution >= 0.6 is 15.9 Å². The maximum absolute atomic E-state index is 5.43. The molecule has 1 aliphatic carbocycles. The number of hydrogen-bond donors (Lipinski definition) is 0. The molecular weight excluding hydrogens is 216 g/mol. The zero-order chi connectivity index (χ0) is 8.44. The highest BCUT2D eigenvalue weighted by Crippen LogP contribution is 2.50. The third-order valence-corrected chi connectivity index (χ3v) is 4.55. The molecule has 0 amide bonds. The molecule has 0 N–H and O–H groups in total. The molecule has 2 rings (SSSR count). The molecule has 12 heavy (non-hydrogen) atoms. The van der Waals surface area contributed by atoms with Crippen molar-refractivity contribution < 1.29 is 4.74 Å². The van der Waals surface area contributed by atoms with Crippen LogP contribution in [-0.2, 0) is 4.74 Å². The second kappa shape index (κ2) is 3.67. The second-order valence-corrected chi connectivity index (χ2v) is 4.87. The van der Waals surface area contributed by atoms with Crippen LogP contribution in [0.2, 0.25) is 0 Å². The normalized spacial score (nSPS) is 34.2. The van der Waals surface area contributed by atoms with Crippen LogP contribution in [0.5, 0.6) is 0 Å². The molecule has 2 aliphatic rings. The van der Waals surface area contributed by atoms with Gasteiger partial charge in [0.2, 0.25) is 0 Å². The Morgan fingerprint density at radius 2 is 2.00 bits per heavy atom. The highest BCUT2D eigenvalue weighted by atomic mass is 79.9. The molecule has 0 aromatic rings. The van der Waals surface area contributed by atoms with Gasteiger partial charge < -0.3 is 4.74 Å². The summed E-state index contributed by atoms with van der Waals surface area (Å²) in [5.74, 6) is 0.932. The van der Waals surface area contributed by atoms with Crippen molar-refractivity contribution in [2.45, 2.75) is 32.1 Å². The molecule has 1 nitrogen and oxygen atoms in total. The van der Waals surface area contributed by atoms with Gasteiger partial charge in [0, 0.05) is 18.5 Å². The first-order valence-electron chi connectivity index (χ1n) is 5.01. The van der Waals surface area contributed by atoms with Gasteiger partial charge >= 0.3 is 0 Å². The SMILES string of the molecule is BrCC1CCCC12CCOCC2. The molecule has 2 heteroatoms. The van der Waals surface area contributed by atoms with Crippen molar-refractivity contribution in [3.05, 3.63) is 0 Å². The Kier molecular flexibility index (Phi) is 2.75. The molecule has 0 radical (unpaired) electrons. The van der Waals surface area contributed by atoms with Gasteiger partial charge in [-0.3, -0.25) is 0 Å². The smallest absolute Gasteiger partial charge is 0.0471 e. The van der Waals surface area contributed by atoms with Crippen LogP contribution in [0.1, 0.15) is 32.1 Å². The highest BCUT2D eigenvalue weighted by Gasteiger charge is 2.42. The summed E-state index contributed by atoms with van der Waals surface area (Å²) in [5.41, 5.74) is 0.668. The van der Waals surface area contributed by atoms with E-state index in [-0.39, 0.29) is 0 Å². The average molecular weight is 233 g/mol. The van der Waals surface area contributed by atoms with Gasteiger partial charge in [-0.05, 0) is 37.0 Å². The molecule has 1 saturated carbocycles. The third-order valence-electron chi connectivity index (χ3n) is 3.77. The van der Waals surface area contributed by atoms with Gasteiger partial charge in [-0.15, -0.1) is 0 Å². The monoisotopic (exact) mass is 232 g/mol. The Morgan fingerprint density at radius 1 is 1.25 bits per heavy atom. The zero-order valence-electron chi connectivity index (χ0n) is 7.52. The molecule has 2 fully saturated rings. The Balaban J connectivity index is 2.05. The first kappa shape index (κ1) is 9.01. The molecule has 0 aromatic heterocycles. The predicted octanol–water partition coefficient (Wildman–Crippen LogP) is 2.98. The molecule has 1 saturated heterocycles. The first-order valence-corrected chi connectivity index (χ1v) is 6.13. The fraction of sp³-hybridized carbons (Fsp3) is 1.00. The maximum Gasteiger partial charge on any atom is 0.0471 e. The third kappa shape index (κ3) is 1.44. The van der Waals surface area contributed by atoms with E-state index >= 15 is 0 Å². The minimum Gasteiger partial charge on any atom is -0.381 e. The van der Waals surface area contributed by atoms with E-state index in [4.69, 9.17) is 4.74 Å². The number of rotatable bonds is 1. The number of hydrogen-bond acceptors (Lipinski definition) is 1. The Morgan fingerprint density at radius 3 is 2.67 bits per heavy atom. The molecule has 1 spiro atoms. The largest absolute Gasteiger partial charge is 0.381 e. The number of alkyl halides is 1. The van der Waals surface area contributed by atoms with E-state index in [0.717, 1.165) is 19.1 Å². The number of ether oxygens (including phenoxy) is 1. The van der Waals surface area contributed by atoms with E-state index in [2.05, 4.69) is 15.9 Å². The Bertz CT molecular complexity index is 152. The van der Waals surface area contributed by atoms with Crippen molar-refractivity contribution >= 4 is 15.9 Å². The van der Waals surface area contributed by atoms with Crippen molar-refractivity contribution in [2.24, 2.45) is 11.3 Å². The quantitative estimate of drug-likeness (QED) is 0.632. The van der Waals surface area contributed by atoms with Crippen molar-refractivity contribution in [2.75, 3.05) is 18.5 Å². The summed E-state index contributed by atoms with van der Waals surface area (Å²) in [7, 11) is 0. The summed E-state index contributed by atoms with van der Waals surface area (Å²) in [6.45, 7) is 2.01. The van der Waals surface area contributed by atoms with Gasteiger partial charge in [0.25, 0.3) is 0 Å². The van der Waals surface area contributed by atoms with Crippen molar-refractivity contribution in [1.82, 2.24) is 0 Å². The van der Waals surface area contributed by atoms with E-state index in [1.807, 2.05) is 0 Å². The standard InChI is InChI=1S/C10H17BrO/c11-8-9-2-1-3-10(9)4-6-12-7-5-10/h9H,1-8H2. The van der Waals surface area contributed by atoms with Crippen LogP contribution in [0.3, 0.4) is 0 Å². The fourth-order valence-corrected chi connectivity index (χ4v) is 3.90. The average Bonchev–Trinajstić information content (AvgIpc) is 2.49. The van der Waals surface area contributed by atoms with Gasteiger partial charge in [-0.25, -0.2) is 0 Å². The van der Waals surface area contributed by atoms with Gasteiger partial charge in [0.15, 0.2) is 0 Å². The Hall–Kier alpha value is 0.440. The van der Waals surface area contributed by atoms with E-state index in [9.17, 15) is 0 Å².